The summed E-state index contributed by atoms with van der Waals surface area (Å²) in [5.41, 5.74) is 2.45. The van der Waals surface area contributed by atoms with Crippen LogP contribution in [0, 0.1) is 0 Å². The molecule has 0 saturated heterocycles. The zero-order valence-corrected chi connectivity index (χ0v) is 10.4. The van der Waals surface area contributed by atoms with Crippen LogP contribution in [0.5, 0.6) is 0 Å². The minimum atomic E-state index is -1.12. The number of benzene rings is 1. The van der Waals surface area contributed by atoms with Crippen molar-refractivity contribution >= 4 is 17.1 Å². The number of fused-ring (bicyclic) bond motifs is 1. The van der Waals surface area contributed by atoms with Gasteiger partial charge in [0, 0.05) is 6.42 Å². The summed E-state index contributed by atoms with van der Waals surface area (Å²) in [4.78, 5) is 27.3. The first-order valence-corrected chi connectivity index (χ1v) is 5.98. The fourth-order valence-corrected chi connectivity index (χ4v) is 1.91. The number of carbonyl (C=O) groups is 1. The Bertz CT molecular complexity index is 774. The topological polar surface area (TPSA) is 88.9 Å². The van der Waals surface area contributed by atoms with E-state index in [1.807, 2.05) is 30.3 Å². The number of aromatic nitrogens is 4. The fraction of sp³-hybridized carbons (Fsp3) is 0.0714. The summed E-state index contributed by atoms with van der Waals surface area (Å²) in [6.07, 6.45) is 3.16. The first kappa shape index (κ1) is 12.2. The number of nitrogens with zero attached hydrogens (tertiary/aromatic N) is 4. The van der Waals surface area contributed by atoms with Crippen molar-refractivity contribution in [2.24, 2.45) is 0 Å². The Morgan fingerprint density at radius 3 is 2.65 bits per heavy atom. The maximum atomic E-state index is 11.0. The summed E-state index contributed by atoms with van der Waals surface area (Å²) in [5.74, 6) is -1.12. The lowest BCUT2D eigenvalue weighted by atomic mass is 10.1. The number of aromatic carboxylic acids is 1. The second-order valence-electron chi connectivity index (χ2n) is 4.22. The van der Waals surface area contributed by atoms with Gasteiger partial charge in [0.1, 0.15) is 11.8 Å². The first-order chi connectivity index (χ1) is 9.74. The summed E-state index contributed by atoms with van der Waals surface area (Å²) in [5, 5.41) is 8.98. The highest BCUT2D eigenvalue weighted by molar-refractivity contribution is 5.87. The number of hydrogen-bond acceptors (Lipinski definition) is 5. The molecule has 0 aliphatic carbocycles. The van der Waals surface area contributed by atoms with Gasteiger partial charge in [0.15, 0.2) is 11.3 Å². The molecule has 20 heavy (non-hydrogen) atoms. The van der Waals surface area contributed by atoms with Gasteiger partial charge in [-0.05, 0) is 5.56 Å². The van der Waals surface area contributed by atoms with Crippen LogP contribution in [-0.2, 0) is 6.42 Å². The second-order valence-corrected chi connectivity index (χ2v) is 4.22. The van der Waals surface area contributed by atoms with E-state index in [4.69, 9.17) is 5.11 Å². The standard InChI is InChI=1S/C14H10N4O2/c19-14(20)11-7-15-13-12(18-11)10(16-8-17-13)6-9-4-2-1-3-5-9/h1-5,7-8H,6H2,(H,19,20). The molecule has 0 aliphatic heterocycles. The summed E-state index contributed by atoms with van der Waals surface area (Å²) >= 11 is 0. The molecule has 0 spiro atoms. The Hall–Kier alpha value is -2.89. The van der Waals surface area contributed by atoms with Gasteiger partial charge in [0.05, 0.1) is 11.9 Å². The van der Waals surface area contributed by atoms with Crippen molar-refractivity contribution in [1.29, 1.82) is 0 Å². The zero-order chi connectivity index (χ0) is 13.9. The van der Waals surface area contributed by atoms with E-state index in [0.29, 0.717) is 23.3 Å². The van der Waals surface area contributed by atoms with E-state index in [1.165, 1.54) is 12.5 Å². The Morgan fingerprint density at radius 1 is 1.10 bits per heavy atom. The molecule has 0 radical (unpaired) electrons. The zero-order valence-electron chi connectivity index (χ0n) is 10.4. The van der Waals surface area contributed by atoms with Crippen molar-refractivity contribution in [3.63, 3.8) is 0 Å². The Balaban J connectivity index is 2.10. The molecule has 0 aliphatic rings. The lowest BCUT2D eigenvalue weighted by molar-refractivity contribution is 0.0690. The van der Waals surface area contributed by atoms with E-state index in [0.717, 1.165) is 5.56 Å². The van der Waals surface area contributed by atoms with Crippen LogP contribution in [0.1, 0.15) is 21.7 Å². The van der Waals surface area contributed by atoms with Gasteiger partial charge in [-0.15, -0.1) is 0 Å². The molecule has 2 aromatic heterocycles. The third-order valence-corrected chi connectivity index (χ3v) is 2.85. The van der Waals surface area contributed by atoms with E-state index in [-0.39, 0.29) is 5.69 Å². The van der Waals surface area contributed by atoms with Crippen LogP contribution in [-0.4, -0.2) is 31.0 Å². The molecule has 1 N–H and O–H groups in total. The maximum absolute atomic E-state index is 11.0. The quantitative estimate of drug-likeness (QED) is 0.776. The molecule has 0 unspecified atom stereocenters. The summed E-state index contributed by atoms with van der Waals surface area (Å²) in [6, 6.07) is 9.76. The van der Waals surface area contributed by atoms with Crippen molar-refractivity contribution in [2.45, 2.75) is 6.42 Å². The van der Waals surface area contributed by atoms with Crippen molar-refractivity contribution in [3.05, 3.63) is 59.8 Å². The van der Waals surface area contributed by atoms with Gasteiger partial charge in [-0.25, -0.2) is 24.7 Å². The molecule has 98 valence electrons. The highest BCUT2D eigenvalue weighted by atomic mass is 16.4. The lowest BCUT2D eigenvalue weighted by Gasteiger charge is -2.04. The normalized spacial score (nSPS) is 10.6. The van der Waals surface area contributed by atoms with Gasteiger partial charge >= 0.3 is 5.97 Å². The molecule has 3 aromatic rings. The number of carboxylic acids is 1. The molecule has 0 amide bonds. The van der Waals surface area contributed by atoms with Crippen molar-refractivity contribution < 1.29 is 9.90 Å². The number of hydrogen-bond donors (Lipinski definition) is 1. The average molecular weight is 266 g/mol. The molecule has 6 nitrogen and oxygen atoms in total. The molecule has 1 aromatic carbocycles. The van der Waals surface area contributed by atoms with Gasteiger partial charge in [-0.1, -0.05) is 30.3 Å². The van der Waals surface area contributed by atoms with E-state index >= 15 is 0 Å². The van der Waals surface area contributed by atoms with Crippen molar-refractivity contribution in [3.8, 4) is 0 Å². The fourth-order valence-electron chi connectivity index (χ4n) is 1.91. The highest BCUT2D eigenvalue weighted by Gasteiger charge is 2.11. The van der Waals surface area contributed by atoms with Crippen LogP contribution >= 0.6 is 0 Å². The molecular formula is C14H10N4O2. The predicted molar refractivity (Wildman–Crippen MR) is 71.3 cm³/mol. The molecule has 0 fully saturated rings. The van der Waals surface area contributed by atoms with Gasteiger partial charge in [0.25, 0.3) is 0 Å². The van der Waals surface area contributed by atoms with Gasteiger partial charge in [-0.3, -0.25) is 0 Å². The van der Waals surface area contributed by atoms with Crippen LogP contribution in [0.25, 0.3) is 11.2 Å². The predicted octanol–water partition coefficient (Wildman–Crippen LogP) is 1.71. The van der Waals surface area contributed by atoms with Gasteiger partial charge < -0.3 is 5.11 Å². The molecule has 3 rings (SSSR count). The average Bonchev–Trinajstić information content (AvgIpc) is 2.48. The summed E-state index contributed by atoms with van der Waals surface area (Å²) < 4.78 is 0. The molecular weight excluding hydrogens is 256 g/mol. The molecule has 0 saturated carbocycles. The molecule has 6 heteroatoms. The van der Waals surface area contributed by atoms with E-state index in [9.17, 15) is 4.79 Å². The summed E-state index contributed by atoms with van der Waals surface area (Å²) in [6.45, 7) is 0. The van der Waals surface area contributed by atoms with Crippen LogP contribution < -0.4 is 0 Å². The monoisotopic (exact) mass is 266 g/mol. The summed E-state index contributed by atoms with van der Waals surface area (Å²) in [7, 11) is 0. The van der Waals surface area contributed by atoms with Crippen LogP contribution in [0.3, 0.4) is 0 Å². The highest BCUT2D eigenvalue weighted by Crippen LogP contribution is 2.14. The third kappa shape index (κ3) is 2.31. The third-order valence-electron chi connectivity index (χ3n) is 2.85. The van der Waals surface area contributed by atoms with E-state index < -0.39 is 5.97 Å². The number of carboxylic acid groups (broad SMARTS) is 1. The second kappa shape index (κ2) is 5.00. The maximum Gasteiger partial charge on any atom is 0.356 e. The molecule has 0 atom stereocenters. The molecule has 0 bridgehead atoms. The van der Waals surface area contributed by atoms with Crippen LogP contribution in [0.2, 0.25) is 0 Å². The van der Waals surface area contributed by atoms with E-state index in [2.05, 4.69) is 19.9 Å². The van der Waals surface area contributed by atoms with Crippen molar-refractivity contribution in [2.75, 3.05) is 0 Å². The SMILES string of the molecule is O=C(O)c1cnc2ncnc(Cc3ccccc3)c2n1. The largest absolute Gasteiger partial charge is 0.476 e. The van der Waals surface area contributed by atoms with Gasteiger partial charge in [-0.2, -0.15) is 0 Å². The van der Waals surface area contributed by atoms with Crippen LogP contribution in [0.4, 0.5) is 0 Å². The van der Waals surface area contributed by atoms with Crippen molar-refractivity contribution in [1.82, 2.24) is 19.9 Å². The van der Waals surface area contributed by atoms with Gasteiger partial charge in [0.2, 0.25) is 0 Å². The van der Waals surface area contributed by atoms with Crippen LogP contribution in [0.15, 0.2) is 42.9 Å². The smallest absolute Gasteiger partial charge is 0.356 e. The minimum Gasteiger partial charge on any atom is -0.476 e. The minimum absolute atomic E-state index is 0.110. The Morgan fingerprint density at radius 2 is 1.90 bits per heavy atom. The molecule has 2 heterocycles. The lowest BCUT2D eigenvalue weighted by Crippen LogP contribution is -2.05. The van der Waals surface area contributed by atoms with E-state index in [1.54, 1.807) is 0 Å². The Kier molecular flexibility index (Phi) is 3.04. The number of rotatable bonds is 3. The Labute approximate surface area is 114 Å². The first-order valence-electron chi connectivity index (χ1n) is 5.98.